The molecule has 3 aliphatic rings. The molecule has 50 heavy (non-hydrogen) atoms. The molecule has 9 heteroatoms. The summed E-state index contributed by atoms with van der Waals surface area (Å²) >= 11 is 0. The van der Waals surface area contributed by atoms with Crippen LogP contribution in [0.2, 0.25) is 33.2 Å². The second-order valence-electron chi connectivity index (χ2n) is 19.7. The number of rotatable bonds is 7. The smallest absolute Gasteiger partial charge is 0.349 e. The molecule has 0 spiro atoms. The maximum absolute atomic E-state index is 8.10. The first-order valence-electron chi connectivity index (χ1n) is 18.7. The monoisotopic (exact) mass is 738 g/mol. The fourth-order valence-corrected chi connectivity index (χ4v) is 18.9. The van der Waals surface area contributed by atoms with E-state index in [0.717, 1.165) is 5.76 Å². The van der Waals surface area contributed by atoms with Gasteiger partial charge in [0.2, 0.25) is 0 Å². The van der Waals surface area contributed by atoms with Crippen LogP contribution in [0.15, 0.2) is 72.5 Å². The average molecular weight is 739 g/mol. The quantitative estimate of drug-likeness (QED) is 0.264. The van der Waals surface area contributed by atoms with Crippen molar-refractivity contribution >= 4 is 35.6 Å². The van der Waals surface area contributed by atoms with Gasteiger partial charge in [-0.25, -0.2) is 0 Å². The van der Waals surface area contributed by atoms with Crippen molar-refractivity contribution in [2.45, 2.75) is 160 Å². The lowest BCUT2D eigenvalue weighted by atomic mass is 9.82. The van der Waals surface area contributed by atoms with Crippen LogP contribution in [0.1, 0.15) is 96.4 Å². The summed E-state index contributed by atoms with van der Waals surface area (Å²) in [6.45, 7) is 35.1. The van der Waals surface area contributed by atoms with Gasteiger partial charge in [0.25, 0.3) is 8.32 Å². The van der Waals surface area contributed by atoms with Gasteiger partial charge in [0.05, 0.1) is 13.2 Å². The molecule has 0 saturated carbocycles. The first-order chi connectivity index (χ1) is 22.9. The first kappa shape index (κ1) is 39.6. The third-order valence-corrected chi connectivity index (χ3v) is 26.5. The van der Waals surface area contributed by atoms with E-state index in [0.29, 0.717) is 19.6 Å². The normalized spacial score (nSPS) is 27.9. The van der Waals surface area contributed by atoms with Crippen molar-refractivity contribution in [3.63, 3.8) is 0 Å². The van der Waals surface area contributed by atoms with Crippen LogP contribution in [0.3, 0.4) is 0 Å². The van der Waals surface area contributed by atoms with Gasteiger partial charge in [-0.3, -0.25) is 0 Å². The first-order valence-corrected chi connectivity index (χ1v) is 25.3. The molecule has 0 amide bonds. The van der Waals surface area contributed by atoms with Crippen molar-refractivity contribution < 1.29 is 27.2 Å². The van der Waals surface area contributed by atoms with E-state index in [1.807, 2.05) is 0 Å². The van der Waals surface area contributed by atoms with E-state index < -0.39 is 43.0 Å². The lowest BCUT2D eigenvalue weighted by molar-refractivity contribution is -0.283. The minimum Gasteiger partial charge on any atom is -0.487 e. The summed E-state index contributed by atoms with van der Waals surface area (Å²) in [7, 11) is -7.97. The molecule has 3 heterocycles. The average Bonchev–Trinajstić information content (AvgIpc) is 3.00. The van der Waals surface area contributed by atoms with Gasteiger partial charge in [-0.1, -0.05) is 144 Å². The van der Waals surface area contributed by atoms with Crippen LogP contribution >= 0.6 is 0 Å². The molecule has 2 saturated heterocycles. The highest BCUT2D eigenvalue weighted by Crippen LogP contribution is 2.57. The van der Waals surface area contributed by atoms with Crippen molar-refractivity contribution in [3.8, 4) is 0 Å². The van der Waals surface area contributed by atoms with E-state index in [2.05, 4.69) is 170 Å². The second kappa shape index (κ2) is 13.4. The molecule has 6 nitrogen and oxygen atoms in total. The Morgan fingerprint density at radius 3 is 1.76 bits per heavy atom. The van der Waals surface area contributed by atoms with Gasteiger partial charge >= 0.3 is 8.56 Å². The van der Waals surface area contributed by atoms with E-state index in [4.69, 9.17) is 27.2 Å². The van der Waals surface area contributed by atoms with E-state index >= 15 is 0 Å². The van der Waals surface area contributed by atoms with Crippen molar-refractivity contribution in [2.24, 2.45) is 0 Å². The van der Waals surface area contributed by atoms with Gasteiger partial charge in [-0.05, 0) is 46.5 Å². The van der Waals surface area contributed by atoms with Gasteiger partial charge in [0.1, 0.15) is 29.7 Å². The maximum Gasteiger partial charge on any atom is 0.349 e. The summed E-state index contributed by atoms with van der Waals surface area (Å²) in [6, 6.07) is 21.8. The molecule has 0 N–H and O–H groups in total. The molecule has 0 radical (unpaired) electrons. The zero-order valence-electron chi connectivity index (χ0n) is 33.7. The van der Waals surface area contributed by atoms with Crippen LogP contribution < -0.4 is 10.4 Å². The largest absolute Gasteiger partial charge is 0.487 e. The third-order valence-electron chi connectivity index (χ3n) is 11.9. The Hall–Kier alpha value is -1.57. The van der Waals surface area contributed by atoms with E-state index in [1.54, 1.807) is 0 Å². The van der Waals surface area contributed by atoms with Gasteiger partial charge in [-0.15, -0.1) is 0 Å². The Labute approximate surface area is 307 Å². The fourth-order valence-electron chi connectivity index (χ4n) is 8.29. The van der Waals surface area contributed by atoms with Crippen molar-refractivity contribution in [1.82, 2.24) is 0 Å². The molecule has 5 atom stereocenters. The van der Waals surface area contributed by atoms with E-state index in [-0.39, 0.29) is 32.4 Å². The summed E-state index contributed by atoms with van der Waals surface area (Å²) in [4.78, 5) is 0. The van der Waals surface area contributed by atoms with Crippen LogP contribution in [-0.4, -0.2) is 68.4 Å². The van der Waals surface area contributed by atoms with E-state index in [1.165, 1.54) is 10.4 Å². The Morgan fingerprint density at radius 1 is 0.780 bits per heavy atom. The standard InChI is InChI=1S/C41H66O6Si3/c1-37(2,3)48(14,15)42-28-30-26-27-41(13)36(44-30)35(34-33(45-41)29-43-50(47-34,39(7,8)9)40(10,11)12)46-49(38(4,5)6,31-22-18-16-19-23-31)32-24-20-17-21-25-32/h16-26,33-36H,27-29H2,1-15H3/t33-,34-,35+,36-,41+/m1/s1. The highest BCUT2D eigenvalue weighted by molar-refractivity contribution is 6.99. The zero-order valence-corrected chi connectivity index (χ0v) is 36.7. The summed E-state index contributed by atoms with van der Waals surface area (Å²) in [5.41, 5.74) is -0.643. The topological polar surface area (TPSA) is 55.4 Å². The molecule has 278 valence electrons. The van der Waals surface area contributed by atoms with Gasteiger partial charge in [0, 0.05) is 16.5 Å². The van der Waals surface area contributed by atoms with Crippen LogP contribution in [-0.2, 0) is 27.2 Å². The molecular weight excluding hydrogens is 673 g/mol. The minimum absolute atomic E-state index is 0.0939. The Morgan fingerprint density at radius 2 is 1.30 bits per heavy atom. The number of benzene rings is 2. The summed E-state index contributed by atoms with van der Waals surface area (Å²) in [6.07, 6.45) is 1.35. The maximum atomic E-state index is 8.10. The lowest BCUT2D eigenvalue weighted by Gasteiger charge is -2.61. The molecular formula is C41H66O6Si3. The highest BCUT2D eigenvalue weighted by atomic mass is 28.4. The number of hydrogen-bond acceptors (Lipinski definition) is 6. The lowest BCUT2D eigenvalue weighted by Crippen LogP contribution is -2.77. The number of hydrogen-bond donors (Lipinski definition) is 0. The molecule has 0 unspecified atom stereocenters. The van der Waals surface area contributed by atoms with Crippen molar-refractivity contribution in [1.29, 1.82) is 0 Å². The molecule has 2 aromatic rings. The molecule has 3 aliphatic heterocycles. The van der Waals surface area contributed by atoms with Crippen LogP contribution in [0.4, 0.5) is 0 Å². The van der Waals surface area contributed by atoms with Crippen LogP contribution in [0, 0.1) is 0 Å². The molecule has 5 rings (SSSR count). The fraction of sp³-hybridized carbons (Fsp3) is 0.659. The molecule has 2 aromatic carbocycles. The Bertz CT molecular complexity index is 1450. The van der Waals surface area contributed by atoms with Crippen molar-refractivity contribution in [2.75, 3.05) is 13.2 Å². The zero-order chi connectivity index (χ0) is 37.2. The molecule has 0 aromatic heterocycles. The van der Waals surface area contributed by atoms with Crippen LogP contribution in [0.25, 0.3) is 0 Å². The third kappa shape index (κ3) is 6.95. The highest BCUT2D eigenvalue weighted by Gasteiger charge is 2.68. The predicted molar refractivity (Wildman–Crippen MR) is 213 cm³/mol. The molecule has 2 fully saturated rings. The molecule has 0 bridgehead atoms. The Balaban J connectivity index is 1.69. The van der Waals surface area contributed by atoms with Gasteiger partial charge in [-0.2, -0.15) is 0 Å². The summed E-state index contributed by atoms with van der Waals surface area (Å²) in [5, 5.41) is 1.93. The van der Waals surface area contributed by atoms with E-state index in [9.17, 15) is 0 Å². The SMILES string of the molecule is CC(C)(C)[Si](C)(C)OCC1=CC[C@]2(C)O[C@@H]3CO[Si](C(C)(C)C)(C(C)(C)C)O[C@H]3[C@H](O[Si](c3ccccc3)(c3ccccc3)C(C)(C)C)[C@H]2O1. The van der Waals surface area contributed by atoms with Gasteiger partial charge in [0.15, 0.2) is 14.4 Å². The van der Waals surface area contributed by atoms with Gasteiger partial charge < -0.3 is 27.2 Å². The predicted octanol–water partition coefficient (Wildman–Crippen LogP) is 9.24. The molecule has 0 aliphatic carbocycles. The van der Waals surface area contributed by atoms with Crippen LogP contribution in [0.5, 0.6) is 0 Å². The second-order valence-corrected chi connectivity index (χ2v) is 33.5. The Kier molecular flexibility index (Phi) is 10.6. The number of fused-ring (bicyclic) bond motifs is 2. The summed E-state index contributed by atoms with van der Waals surface area (Å²) in [5.74, 6) is 0.859. The number of ether oxygens (including phenoxy) is 2. The summed E-state index contributed by atoms with van der Waals surface area (Å²) < 4.78 is 43.7. The minimum atomic E-state index is -3.04. The van der Waals surface area contributed by atoms with Crippen molar-refractivity contribution in [3.05, 3.63) is 72.5 Å².